The van der Waals surface area contributed by atoms with Crippen molar-refractivity contribution in [3.8, 4) is 0 Å². The Bertz CT molecular complexity index is 557. The maximum Gasteiger partial charge on any atom is 0.0642 e. The van der Waals surface area contributed by atoms with E-state index in [1.807, 2.05) is 30.5 Å². The molecule has 0 aliphatic rings. The van der Waals surface area contributed by atoms with Crippen LogP contribution in [-0.2, 0) is 13.1 Å². The monoisotopic (exact) mass is 303 g/mol. The molecule has 3 nitrogen and oxygen atoms in total. The minimum atomic E-state index is 0.767. The van der Waals surface area contributed by atoms with Gasteiger partial charge in [0.25, 0.3) is 0 Å². The van der Waals surface area contributed by atoms with Crippen molar-refractivity contribution in [1.29, 1.82) is 0 Å². The van der Waals surface area contributed by atoms with Crippen LogP contribution < -0.4 is 10.2 Å². The van der Waals surface area contributed by atoms with E-state index in [0.29, 0.717) is 0 Å². The van der Waals surface area contributed by atoms with Crippen LogP contribution in [0.15, 0.2) is 42.6 Å². The van der Waals surface area contributed by atoms with Crippen LogP contribution in [-0.4, -0.2) is 18.1 Å². The molecule has 2 rings (SSSR count). The van der Waals surface area contributed by atoms with Crippen LogP contribution >= 0.6 is 11.6 Å². The summed E-state index contributed by atoms with van der Waals surface area (Å²) in [7, 11) is 0. The van der Waals surface area contributed by atoms with Crippen molar-refractivity contribution in [2.45, 2.75) is 26.9 Å². The molecule has 0 fully saturated rings. The normalized spacial score (nSPS) is 10.6. The van der Waals surface area contributed by atoms with E-state index in [1.165, 1.54) is 5.56 Å². The third kappa shape index (κ3) is 4.45. The zero-order chi connectivity index (χ0) is 15.1. The SMILES string of the molecule is CCNCc1ccc(N(CC)Cc2ccccn2)c(Cl)c1. The van der Waals surface area contributed by atoms with Gasteiger partial charge in [-0.2, -0.15) is 0 Å². The van der Waals surface area contributed by atoms with Crippen molar-refractivity contribution in [2.75, 3.05) is 18.0 Å². The van der Waals surface area contributed by atoms with Gasteiger partial charge in [0, 0.05) is 19.3 Å². The lowest BCUT2D eigenvalue weighted by molar-refractivity contribution is 0.726. The lowest BCUT2D eigenvalue weighted by Gasteiger charge is -2.24. The fourth-order valence-corrected chi connectivity index (χ4v) is 2.56. The molecule has 0 bridgehead atoms. The van der Waals surface area contributed by atoms with Gasteiger partial charge in [-0.1, -0.05) is 30.7 Å². The average molecular weight is 304 g/mol. The lowest BCUT2D eigenvalue weighted by Crippen LogP contribution is -2.23. The maximum absolute atomic E-state index is 6.46. The van der Waals surface area contributed by atoms with Crippen molar-refractivity contribution < 1.29 is 0 Å². The number of hydrogen-bond acceptors (Lipinski definition) is 3. The van der Waals surface area contributed by atoms with Gasteiger partial charge in [-0.3, -0.25) is 4.98 Å². The highest BCUT2D eigenvalue weighted by Gasteiger charge is 2.10. The Hall–Kier alpha value is -1.58. The van der Waals surface area contributed by atoms with Crippen molar-refractivity contribution in [3.63, 3.8) is 0 Å². The van der Waals surface area contributed by atoms with Crippen molar-refractivity contribution >= 4 is 17.3 Å². The number of nitrogens with one attached hydrogen (secondary N) is 1. The van der Waals surface area contributed by atoms with E-state index in [2.05, 4.69) is 41.2 Å². The highest BCUT2D eigenvalue weighted by atomic mass is 35.5. The second-order valence-corrected chi connectivity index (χ2v) is 5.31. The number of halogens is 1. The van der Waals surface area contributed by atoms with Crippen LogP contribution in [0.1, 0.15) is 25.1 Å². The average Bonchev–Trinajstić information content (AvgIpc) is 2.52. The molecule has 0 aliphatic carbocycles. The molecule has 0 spiro atoms. The van der Waals surface area contributed by atoms with Gasteiger partial charge in [0.05, 0.1) is 22.9 Å². The first-order valence-electron chi connectivity index (χ1n) is 7.38. The lowest BCUT2D eigenvalue weighted by atomic mass is 10.2. The van der Waals surface area contributed by atoms with Gasteiger partial charge in [-0.05, 0) is 43.3 Å². The quantitative estimate of drug-likeness (QED) is 0.841. The third-order valence-corrected chi connectivity index (χ3v) is 3.70. The number of benzene rings is 1. The molecule has 0 saturated carbocycles. The van der Waals surface area contributed by atoms with E-state index in [4.69, 9.17) is 11.6 Å². The Morgan fingerprint density at radius 1 is 1.19 bits per heavy atom. The first kappa shape index (κ1) is 15.8. The molecule has 112 valence electrons. The molecule has 1 aromatic carbocycles. The molecular weight excluding hydrogens is 282 g/mol. The summed E-state index contributed by atoms with van der Waals surface area (Å²) >= 11 is 6.46. The van der Waals surface area contributed by atoms with Crippen molar-refractivity contribution in [3.05, 3.63) is 58.9 Å². The summed E-state index contributed by atoms with van der Waals surface area (Å²) in [5.41, 5.74) is 3.32. The van der Waals surface area contributed by atoms with Gasteiger partial charge in [-0.25, -0.2) is 0 Å². The van der Waals surface area contributed by atoms with Crippen LogP contribution in [0.4, 0.5) is 5.69 Å². The van der Waals surface area contributed by atoms with Crippen LogP contribution in [0, 0.1) is 0 Å². The fourth-order valence-electron chi connectivity index (χ4n) is 2.24. The Balaban J connectivity index is 2.14. The van der Waals surface area contributed by atoms with Crippen LogP contribution in [0.3, 0.4) is 0 Å². The summed E-state index contributed by atoms with van der Waals surface area (Å²) < 4.78 is 0. The third-order valence-electron chi connectivity index (χ3n) is 3.39. The number of pyridine rings is 1. The van der Waals surface area contributed by atoms with Gasteiger partial charge in [0.15, 0.2) is 0 Å². The van der Waals surface area contributed by atoms with E-state index in [0.717, 1.165) is 42.6 Å². The minimum absolute atomic E-state index is 0.767. The van der Waals surface area contributed by atoms with Gasteiger partial charge in [0.1, 0.15) is 0 Å². The molecule has 1 N–H and O–H groups in total. The highest BCUT2D eigenvalue weighted by molar-refractivity contribution is 6.33. The Morgan fingerprint density at radius 3 is 2.67 bits per heavy atom. The second-order valence-electron chi connectivity index (χ2n) is 4.90. The molecule has 0 saturated heterocycles. The summed E-state index contributed by atoms with van der Waals surface area (Å²) in [5.74, 6) is 0. The van der Waals surface area contributed by atoms with Crippen LogP contribution in [0.5, 0.6) is 0 Å². The molecule has 1 aromatic heterocycles. The molecule has 0 amide bonds. The molecule has 2 aromatic rings. The first-order valence-corrected chi connectivity index (χ1v) is 7.76. The largest absolute Gasteiger partial charge is 0.365 e. The zero-order valence-corrected chi connectivity index (χ0v) is 13.4. The zero-order valence-electron chi connectivity index (χ0n) is 12.6. The molecule has 0 atom stereocenters. The van der Waals surface area contributed by atoms with Gasteiger partial charge < -0.3 is 10.2 Å². The van der Waals surface area contributed by atoms with E-state index < -0.39 is 0 Å². The Morgan fingerprint density at radius 2 is 2.05 bits per heavy atom. The topological polar surface area (TPSA) is 28.2 Å². The van der Waals surface area contributed by atoms with Crippen molar-refractivity contribution in [1.82, 2.24) is 10.3 Å². The predicted molar refractivity (Wildman–Crippen MR) is 89.8 cm³/mol. The summed E-state index contributed by atoms with van der Waals surface area (Å²) in [4.78, 5) is 6.62. The van der Waals surface area contributed by atoms with Crippen LogP contribution in [0.25, 0.3) is 0 Å². The van der Waals surface area contributed by atoms with E-state index in [9.17, 15) is 0 Å². The predicted octanol–water partition coefficient (Wildman–Crippen LogP) is 3.87. The standard InChI is InChI=1S/C17H22ClN3/c1-3-19-12-14-8-9-17(16(18)11-14)21(4-2)13-15-7-5-6-10-20-15/h5-11,19H,3-4,12-13H2,1-2H3. The number of aromatic nitrogens is 1. The molecule has 21 heavy (non-hydrogen) atoms. The fraction of sp³-hybridized carbons (Fsp3) is 0.353. The molecule has 0 unspecified atom stereocenters. The van der Waals surface area contributed by atoms with Crippen LogP contribution in [0.2, 0.25) is 5.02 Å². The summed E-state index contributed by atoms with van der Waals surface area (Å²) in [6.07, 6.45) is 1.82. The maximum atomic E-state index is 6.46. The number of anilines is 1. The molecule has 1 heterocycles. The summed E-state index contributed by atoms with van der Waals surface area (Å²) in [6.45, 7) is 7.70. The van der Waals surface area contributed by atoms with E-state index >= 15 is 0 Å². The van der Waals surface area contributed by atoms with Crippen molar-refractivity contribution in [2.24, 2.45) is 0 Å². The number of hydrogen-bond donors (Lipinski definition) is 1. The molecular formula is C17H22ClN3. The Labute approximate surface area is 132 Å². The number of rotatable bonds is 7. The molecule has 0 radical (unpaired) electrons. The van der Waals surface area contributed by atoms with Gasteiger partial charge >= 0.3 is 0 Å². The Kier molecular flexibility index (Phi) is 6.03. The smallest absolute Gasteiger partial charge is 0.0642 e. The van der Waals surface area contributed by atoms with Gasteiger partial charge in [-0.15, -0.1) is 0 Å². The summed E-state index contributed by atoms with van der Waals surface area (Å²) in [6, 6.07) is 12.3. The first-order chi connectivity index (χ1) is 10.2. The second kappa shape index (κ2) is 8.01. The molecule has 4 heteroatoms. The highest BCUT2D eigenvalue weighted by Crippen LogP contribution is 2.28. The summed E-state index contributed by atoms with van der Waals surface area (Å²) in [5, 5.41) is 4.11. The number of nitrogens with zero attached hydrogens (tertiary/aromatic N) is 2. The molecule has 0 aliphatic heterocycles. The van der Waals surface area contributed by atoms with E-state index in [-0.39, 0.29) is 0 Å². The van der Waals surface area contributed by atoms with E-state index in [1.54, 1.807) is 0 Å². The van der Waals surface area contributed by atoms with Gasteiger partial charge in [0.2, 0.25) is 0 Å². The minimum Gasteiger partial charge on any atom is -0.365 e.